The van der Waals surface area contributed by atoms with E-state index in [1.165, 1.54) is 19.1 Å². The second kappa shape index (κ2) is 8.50. The molecule has 1 atom stereocenters. The number of benzene rings is 2. The van der Waals surface area contributed by atoms with Crippen LogP contribution in [0.15, 0.2) is 58.5 Å². The molecule has 1 fully saturated rings. The van der Waals surface area contributed by atoms with Gasteiger partial charge in [0.05, 0.1) is 19.8 Å². The predicted molar refractivity (Wildman–Crippen MR) is 124 cm³/mol. The van der Waals surface area contributed by atoms with Crippen LogP contribution in [0.1, 0.15) is 34.3 Å². The van der Waals surface area contributed by atoms with Crippen molar-refractivity contribution in [2.24, 2.45) is 0 Å². The third-order valence-corrected chi connectivity index (χ3v) is 5.62. The molecule has 4 rings (SSSR count). The molecular weight excluding hydrogens is 422 g/mol. The van der Waals surface area contributed by atoms with Crippen LogP contribution < -0.4 is 14.4 Å². The Hall–Kier alpha value is -4.00. The topological polar surface area (TPSA) is 89.2 Å². The number of ether oxygens (including phenoxy) is 2. The number of aliphatic hydroxyl groups excluding tert-OH is 1. The van der Waals surface area contributed by atoms with Gasteiger partial charge in [0.15, 0.2) is 0 Å². The lowest BCUT2D eigenvalue weighted by molar-refractivity contribution is -0.132. The molecule has 0 radical (unpaired) electrons. The fourth-order valence-electron chi connectivity index (χ4n) is 4.28. The van der Waals surface area contributed by atoms with Gasteiger partial charge >= 0.3 is 0 Å². The van der Waals surface area contributed by atoms with Crippen LogP contribution in [0.5, 0.6) is 11.5 Å². The fourth-order valence-corrected chi connectivity index (χ4v) is 4.28. The number of nitrogens with zero attached hydrogens (tertiary/aromatic N) is 1. The Morgan fingerprint density at radius 1 is 0.939 bits per heavy atom. The zero-order valence-corrected chi connectivity index (χ0v) is 19.1. The van der Waals surface area contributed by atoms with Crippen molar-refractivity contribution in [1.82, 2.24) is 0 Å². The van der Waals surface area contributed by atoms with Crippen LogP contribution in [0.25, 0.3) is 5.76 Å². The minimum atomic E-state index is -0.963. The molecule has 2 heterocycles. The van der Waals surface area contributed by atoms with Gasteiger partial charge in [-0.05, 0) is 68.3 Å². The van der Waals surface area contributed by atoms with Crippen molar-refractivity contribution in [2.45, 2.75) is 26.8 Å². The fraction of sp³-hybridized carbons (Fsp3) is 0.231. The smallest absolute Gasteiger partial charge is 0.300 e. The van der Waals surface area contributed by atoms with Crippen LogP contribution in [0.2, 0.25) is 0 Å². The Bertz CT molecular complexity index is 1240. The highest BCUT2D eigenvalue weighted by Gasteiger charge is 2.49. The maximum atomic E-state index is 13.3. The Balaban J connectivity index is 2.02. The van der Waals surface area contributed by atoms with E-state index in [0.717, 1.165) is 11.1 Å². The highest BCUT2D eigenvalue weighted by molar-refractivity contribution is 6.51. The highest BCUT2D eigenvalue weighted by Crippen LogP contribution is 2.45. The number of methoxy groups -OCH3 is 2. The molecule has 1 N–H and O–H groups in total. The van der Waals surface area contributed by atoms with Crippen molar-refractivity contribution in [3.8, 4) is 11.5 Å². The first-order chi connectivity index (χ1) is 15.8. The van der Waals surface area contributed by atoms with Gasteiger partial charge in [-0.3, -0.25) is 14.5 Å². The number of carbonyl (C=O) groups excluding carboxylic acids is 2. The number of ketones is 1. The molecule has 7 heteroatoms. The molecule has 33 heavy (non-hydrogen) atoms. The molecule has 1 aliphatic rings. The van der Waals surface area contributed by atoms with Gasteiger partial charge in [0.2, 0.25) is 0 Å². The van der Waals surface area contributed by atoms with Crippen LogP contribution in [0.4, 0.5) is 5.69 Å². The normalized spacial score (nSPS) is 17.5. The van der Waals surface area contributed by atoms with Gasteiger partial charge in [-0.2, -0.15) is 0 Å². The third-order valence-electron chi connectivity index (χ3n) is 5.62. The standard InChI is InChI=1S/C26H25NO6/c1-14-11-15(2)13-17(12-14)27-23(20-10-9-16(3)33-20)22(25(29)26(27)30)24(28)21-18(31-4)7-6-8-19(21)32-5/h6-13,23,28H,1-5H3/b24-22+. The molecule has 0 saturated carbocycles. The number of hydrogen-bond donors (Lipinski definition) is 1. The first-order valence-corrected chi connectivity index (χ1v) is 10.4. The van der Waals surface area contributed by atoms with Crippen molar-refractivity contribution in [3.05, 3.63) is 82.3 Å². The zero-order chi connectivity index (χ0) is 23.9. The maximum Gasteiger partial charge on any atom is 0.300 e. The van der Waals surface area contributed by atoms with Gasteiger partial charge in [-0.15, -0.1) is 0 Å². The summed E-state index contributed by atoms with van der Waals surface area (Å²) in [4.78, 5) is 28.0. The van der Waals surface area contributed by atoms with Crippen molar-refractivity contribution in [2.75, 3.05) is 19.1 Å². The quantitative estimate of drug-likeness (QED) is 0.342. The second-order valence-electron chi connectivity index (χ2n) is 8.00. The van der Waals surface area contributed by atoms with E-state index < -0.39 is 23.5 Å². The van der Waals surface area contributed by atoms with Crippen LogP contribution >= 0.6 is 0 Å². The summed E-state index contributed by atoms with van der Waals surface area (Å²) in [7, 11) is 2.90. The number of anilines is 1. The highest BCUT2D eigenvalue weighted by atomic mass is 16.5. The first kappa shape index (κ1) is 22.2. The number of rotatable bonds is 5. The molecule has 1 unspecified atom stereocenters. The number of hydrogen-bond acceptors (Lipinski definition) is 6. The Morgan fingerprint density at radius 3 is 2.06 bits per heavy atom. The van der Waals surface area contributed by atoms with Crippen LogP contribution in [0.3, 0.4) is 0 Å². The summed E-state index contributed by atoms with van der Waals surface area (Å²) in [5.41, 5.74) is 2.51. The number of amides is 1. The lowest BCUT2D eigenvalue weighted by Gasteiger charge is -2.24. The van der Waals surface area contributed by atoms with Gasteiger partial charge in [0.1, 0.15) is 40.4 Å². The molecule has 170 valence electrons. The Morgan fingerprint density at radius 2 is 1.55 bits per heavy atom. The molecule has 1 saturated heterocycles. The largest absolute Gasteiger partial charge is 0.506 e. The summed E-state index contributed by atoms with van der Waals surface area (Å²) in [5.74, 6) is -0.383. The molecule has 0 bridgehead atoms. The van der Waals surface area contributed by atoms with Crippen molar-refractivity contribution < 1.29 is 28.6 Å². The van der Waals surface area contributed by atoms with E-state index in [-0.39, 0.29) is 11.1 Å². The van der Waals surface area contributed by atoms with Gasteiger partial charge in [-0.1, -0.05) is 12.1 Å². The average molecular weight is 447 g/mol. The predicted octanol–water partition coefficient (Wildman–Crippen LogP) is 4.85. The molecular formula is C26H25NO6. The number of aliphatic hydroxyl groups is 1. The molecule has 1 amide bonds. The lowest BCUT2D eigenvalue weighted by atomic mass is 9.98. The van der Waals surface area contributed by atoms with Crippen molar-refractivity contribution >= 4 is 23.1 Å². The number of carbonyl (C=O) groups is 2. The molecule has 1 aromatic heterocycles. The third kappa shape index (κ3) is 3.75. The summed E-state index contributed by atoms with van der Waals surface area (Å²) in [5, 5.41) is 11.4. The van der Waals surface area contributed by atoms with E-state index in [2.05, 4.69) is 0 Å². The van der Waals surface area contributed by atoms with Crippen molar-refractivity contribution in [1.29, 1.82) is 0 Å². The lowest BCUT2D eigenvalue weighted by Crippen LogP contribution is -2.29. The Kier molecular flexibility index (Phi) is 5.72. The molecule has 0 aliphatic carbocycles. The number of Topliss-reactive ketones (excluding diaryl/α,β-unsaturated/α-hetero) is 1. The molecule has 1 aliphatic heterocycles. The number of aryl methyl sites for hydroxylation is 3. The van der Waals surface area contributed by atoms with Gasteiger partial charge in [-0.25, -0.2) is 0 Å². The van der Waals surface area contributed by atoms with E-state index in [4.69, 9.17) is 13.9 Å². The van der Waals surface area contributed by atoms with E-state index >= 15 is 0 Å². The summed E-state index contributed by atoms with van der Waals surface area (Å²) < 4.78 is 16.7. The van der Waals surface area contributed by atoms with Crippen LogP contribution in [-0.4, -0.2) is 31.0 Å². The molecule has 7 nitrogen and oxygen atoms in total. The minimum absolute atomic E-state index is 0.101. The van der Waals surface area contributed by atoms with Gasteiger partial charge < -0.3 is 19.0 Å². The van der Waals surface area contributed by atoms with Gasteiger partial charge in [0, 0.05) is 5.69 Å². The van der Waals surface area contributed by atoms with E-state index in [1.807, 2.05) is 32.0 Å². The summed E-state index contributed by atoms with van der Waals surface area (Å²) in [6.45, 7) is 5.60. The summed E-state index contributed by atoms with van der Waals surface area (Å²) >= 11 is 0. The van der Waals surface area contributed by atoms with Crippen LogP contribution in [0, 0.1) is 20.8 Å². The first-order valence-electron chi connectivity index (χ1n) is 10.4. The van der Waals surface area contributed by atoms with Crippen LogP contribution in [-0.2, 0) is 9.59 Å². The van der Waals surface area contributed by atoms with Crippen molar-refractivity contribution in [3.63, 3.8) is 0 Å². The molecule has 0 spiro atoms. The summed E-state index contributed by atoms with van der Waals surface area (Å²) in [6.07, 6.45) is 0. The Labute approximate surface area is 191 Å². The number of furan rings is 1. The summed E-state index contributed by atoms with van der Waals surface area (Å²) in [6, 6.07) is 13.1. The average Bonchev–Trinajstić information content (AvgIpc) is 3.32. The monoisotopic (exact) mass is 447 g/mol. The van der Waals surface area contributed by atoms with E-state index in [9.17, 15) is 14.7 Å². The van der Waals surface area contributed by atoms with Gasteiger partial charge in [0.25, 0.3) is 11.7 Å². The van der Waals surface area contributed by atoms with E-state index in [1.54, 1.807) is 37.3 Å². The maximum absolute atomic E-state index is 13.3. The second-order valence-corrected chi connectivity index (χ2v) is 8.00. The minimum Gasteiger partial charge on any atom is -0.506 e. The SMILES string of the molecule is COc1cccc(OC)c1/C(O)=C1\C(=O)C(=O)N(c2cc(C)cc(C)c2)C1c1ccc(C)o1. The van der Waals surface area contributed by atoms with E-state index in [0.29, 0.717) is 28.7 Å². The zero-order valence-electron chi connectivity index (χ0n) is 19.1. The molecule has 2 aromatic carbocycles. The molecule has 3 aromatic rings.